The van der Waals surface area contributed by atoms with Gasteiger partial charge in [0.2, 0.25) is 0 Å². The van der Waals surface area contributed by atoms with E-state index in [1.54, 1.807) is 0 Å². The van der Waals surface area contributed by atoms with Gasteiger partial charge in [0.15, 0.2) is 4.77 Å². The molecule has 1 aromatic heterocycles. The fourth-order valence-corrected chi connectivity index (χ4v) is 2.63. The maximum atomic E-state index is 5.95. The molecule has 1 saturated carbocycles. The van der Waals surface area contributed by atoms with Crippen molar-refractivity contribution in [3.8, 4) is 0 Å². The van der Waals surface area contributed by atoms with E-state index in [4.69, 9.17) is 23.8 Å². The third-order valence-corrected chi connectivity index (χ3v) is 3.68. The Morgan fingerprint density at radius 2 is 2.20 bits per heavy atom. The summed E-state index contributed by atoms with van der Waals surface area (Å²) < 4.78 is 3.01. The molecule has 15 heavy (non-hydrogen) atoms. The first kappa shape index (κ1) is 9.43. The SMILES string of the molecule is CC1(n2c(=S)[nH]c3cc(Cl)ccc32)CC1. The Bertz CT molecular complexity index is 592. The van der Waals surface area contributed by atoms with Gasteiger partial charge in [0.05, 0.1) is 11.0 Å². The molecule has 0 bridgehead atoms. The summed E-state index contributed by atoms with van der Waals surface area (Å²) in [5.74, 6) is 0. The monoisotopic (exact) mass is 238 g/mol. The van der Waals surface area contributed by atoms with Crippen molar-refractivity contribution in [2.24, 2.45) is 0 Å². The van der Waals surface area contributed by atoms with Crippen LogP contribution in [0.3, 0.4) is 0 Å². The average molecular weight is 239 g/mol. The lowest BCUT2D eigenvalue weighted by atomic mass is 10.2. The summed E-state index contributed by atoms with van der Waals surface area (Å²) in [4.78, 5) is 3.21. The van der Waals surface area contributed by atoms with Gasteiger partial charge in [-0.05, 0) is 50.2 Å². The zero-order valence-electron chi connectivity index (χ0n) is 8.38. The molecule has 0 amide bonds. The fraction of sp³-hybridized carbons (Fsp3) is 0.364. The molecule has 0 saturated heterocycles. The van der Waals surface area contributed by atoms with Gasteiger partial charge in [-0.25, -0.2) is 0 Å². The summed E-state index contributed by atoms with van der Waals surface area (Å²) in [5.41, 5.74) is 2.41. The molecule has 78 valence electrons. The molecule has 3 rings (SSSR count). The maximum absolute atomic E-state index is 5.95. The van der Waals surface area contributed by atoms with Crippen molar-refractivity contribution in [2.75, 3.05) is 0 Å². The Morgan fingerprint density at radius 1 is 1.47 bits per heavy atom. The largest absolute Gasteiger partial charge is 0.331 e. The Balaban J connectivity index is 2.38. The topological polar surface area (TPSA) is 20.7 Å². The van der Waals surface area contributed by atoms with E-state index < -0.39 is 0 Å². The first-order valence-corrected chi connectivity index (χ1v) is 5.80. The van der Waals surface area contributed by atoms with Crippen molar-refractivity contribution in [3.05, 3.63) is 28.0 Å². The van der Waals surface area contributed by atoms with Gasteiger partial charge in [0, 0.05) is 10.6 Å². The number of nitrogens with one attached hydrogen (secondary N) is 1. The molecule has 1 aromatic carbocycles. The molecule has 0 aliphatic heterocycles. The molecule has 1 aliphatic rings. The van der Waals surface area contributed by atoms with Crippen LogP contribution in [0.15, 0.2) is 18.2 Å². The van der Waals surface area contributed by atoms with Crippen molar-refractivity contribution in [3.63, 3.8) is 0 Å². The number of hydrogen-bond acceptors (Lipinski definition) is 1. The Hall–Kier alpha value is -0.800. The van der Waals surface area contributed by atoms with Crippen molar-refractivity contribution >= 4 is 34.9 Å². The predicted molar refractivity (Wildman–Crippen MR) is 65.0 cm³/mol. The molecule has 0 radical (unpaired) electrons. The van der Waals surface area contributed by atoms with Gasteiger partial charge in [0.25, 0.3) is 0 Å². The van der Waals surface area contributed by atoms with Gasteiger partial charge in [-0.2, -0.15) is 0 Å². The average Bonchev–Trinajstić information content (AvgIpc) is 2.79. The minimum absolute atomic E-state index is 0.225. The minimum atomic E-state index is 0.225. The van der Waals surface area contributed by atoms with Gasteiger partial charge >= 0.3 is 0 Å². The van der Waals surface area contributed by atoms with Gasteiger partial charge in [0.1, 0.15) is 0 Å². The lowest BCUT2D eigenvalue weighted by Gasteiger charge is -2.11. The molecule has 0 unspecified atom stereocenters. The van der Waals surface area contributed by atoms with E-state index in [1.807, 2.05) is 18.2 Å². The molecule has 1 heterocycles. The number of rotatable bonds is 1. The molecule has 2 aromatic rings. The first-order valence-electron chi connectivity index (χ1n) is 5.01. The van der Waals surface area contributed by atoms with Crippen molar-refractivity contribution in [2.45, 2.75) is 25.3 Å². The Kier molecular flexibility index (Phi) is 1.80. The minimum Gasteiger partial charge on any atom is -0.331 e. The van der Waals surface area contributed by atoms with Crippen LogP contribution in [0, 0.1) is 4.77 Å². The molecular formula is C11H11ClN2S. The summed E-state index contributed by atoms with van der Waals surface area (Å²) in [7, 11) is 0. The van der Waals surface area contributed by atoms with E-state index in [9.17, 15) is 0 Å². The fourth-order valence-electron chi connectivity index (χ4n) is 2.02. The second-order valence-corrected chi connectivity index (χ2v) is 5.25. The highest BCUT2D eigenvalue weighted by atomic mass is 35.5. The van der Waals surface area contributed by atoms with Crippen LogP contribution in [0.5, 0.6) is 0 Å². The number of benzene rings is 1. The third kappa shape index (κ3) is 1.34. The van der Waals surface area contributed by atoms with E-state index in [0.29, 0.717) is 0 Å². The molecule has 0 spiro atoms. The quantitative estimate of drug-likeness (QED) is 0.749. The number of fused-ring (bicyclic) bond motifs is 1. The number of nitrogens with zero attached hydrogens (tertiary/aromatic N) is 1. The number of H-pyrrole nitrogens is 1. The van der Waals surface area contributed by atoms with Crippen LogP contribution in [-0.4, -0.2) is 9.55 Å². The van der Waals surface area contributed by atoms with Crippen molar-refractivity contribution in [1.29, 1.82) is 0 Å². The molecule has 1 N–H and O–H groups in total. The highest BCUT2D eigenvalue weighted by Crippen LogP contribution is 2.44. The van der Waals surface area contributed by atoms with Crippen LogP contribution >= 0.6 is 23.8 Å². The molecule has 1 aliphatic carbocycles. The molecule has 4 heteroatoms. The summed E-state index contributed by atoms with van der Waals surface area (Å²) in [5, 5.41) is 0.742. The van der Waals surface area contributed by atoms with E-state index in [1.165, 1.54) is 12.8 Å². The number of aromatic amines is 1. The molecule has 2 nitrogen and oxygen atoms in total. The maximum Gasteiger partial charge on any atom is 0.178 e. The second kappa shape index (κ2) is 2.86. The zero-order valence-corrected chi connectivity index (χ0v) is 9.95. The lowest BCUT2D eigenvalue weighted by Crippen LogP contribution is -2.11. The van der Waals surface area contributed by atoms with Crippen LogP contribution < -0.4 is 0 Å². The molecular weight excluding hydrogens is 228 g/mol. The predicted octanol–water partition coefficient (Wildman–Crippen LogP) is 3.86. The number of hydrogen-bond donors (Lipinski definition) is 1. The first-order chi connectivity index (χ1) is 7.10. The van der Waals surface area contributed by atoms with E-state index in [-0.39, 0.29) is 5.54 Å². The van der Waals surface area contributed by atoms with Gasteiger partial charge in [-0.15, -0.1) is 0 Å². The van der Waals surface area contributed by atoms with Crippen LogP contribution in [0.25, 0.3) is 11.0 Å². The van der Waals surface area contributed by atoms with Crippen LogP contribution in [0.2, 0.25) is 5.02 Å². The van der Waals surface area contributed by atoms with Crippen LogP contribution in [0.4, 0.5) is 0 Å². The van der Waals surface area contributed by atoms with Gasteiger partial charge < -0.3 is 9.55 Å². The smallest absolute Gasteiger partial charge is 0.178 e. The summed E-state index contributed by atoms with van der Waals surface area (Å²) in [6.07, 6.45) is 2.41. The van der Waals surface area contributed by atoms with Crippen molar-refractivity contribution in [1.82, 2.24) is 9.55 Å². The normalized spacial score (nSPS) is 18.3. The van der Waals surface area contributed by atoms with E-state index in [0.717, 1.165) is 20.8 Å². The van der Waals surface area contributed by atoms with Gasteiger partial charge in [-0.3, -0.25) is 0 Å². The standard InChI is InChI=1S/C11H11ClN2S/c1-11(4-5-11)14-9-3-2-7(12)6-8(9)13-10(14)15/h2-3,6H,4-5H2,1H3,(H,13,15). The van der Waals surface area contributed by atoms with E-state index >= 15 is 0 Å². The third-order valence-electron chi connectivity index (χ3n) is 3.16. The lowest BCUT2D eigenvalue weighted by molar-refractivity contribution is 0.541. The number of aromatic nitrogens is 2. The van der Waals surface area contributed by atoms with Crippen molar-refractivity contribution < 1.29 is 0 Å². The number of halogens is 1. The second-order valence-electron chi connectivity index (χ2n) is 4.42. The number of imidazole rings is 1. The summed E-state index contributed by atoms with van der Waals surface area (Å²) in [6.45, 7) is 2.24. The summed E-state index contributed by atoms with van der Waals surface area (Å²) in [6, 6.07) is 5.87. The zero-order chi connectivity index (χ0) is 10.6. The van der Waals surface area contributed by atoms with E-state index in [2.05, 4.69) is 16.5 Å². The molecule has 1 fully saturated rings. The Labute approximate surface area is 97.9 Å². The highest BCUT2D eigenvalue weighted by Gasteiger charge is 2.40. The van der Waals surface area contributed by atoms with Crippen LogP contribution in [0.1, 0.15) is 19.8 Å². The highest BCUT2D eigenvalue weighted by molar-refractivity contribution is 7.71. The van der Waals surface area contributed by atoms with Gasteiger partial charge in [-0.1, -0.05) is 11.6 Å². The molecule has 0 atom stereocenters. The van der Waals surface area contributed by atoms with Crippen LogP contribution in [-0.2, 0) is 5.54 Å². The summed E-state index contributed by atoms with van der Waals surface area (Å²) >= 11 is 11.3. The Morgan fingerprint density at radius 3 is 2.87 bits per heavy atom.